The largest absolute Gasteiger partial charge is 0.467 e. The number of anilines is 1. The van der Waals surface area contributed by atoms with Crippen LogP contribution in [0.4, 0.5) is 5.69 Å². The second kappa shape index (κ2) is 6.28. The molecule has 0 spiro atoms. The Morgan fingerprint density at radius 2 is 1.95 bits per heavy atom. The van der Waals surface area contributed by atoms with Crippen LogP contribution in [0.1, 0.15) is 43.6 Å². The molecule has 1 aromatic carbocycles. The molecule has 1 unspecified atom stereocenters. The summed E-state index contributed by atoms with van der Waals surface area (Å²) in [5, 5.41) is 2.94. The van der Waals surface area contributed by atoms with Crippen LogP contribution in [0.3, 0.4) is 0 Å². The number of nitrogen functional groups attached to an aromatic ring is 1. The molecule has 2 aromatic rings. The number of carbonyl (C=O) groups is 1. The van der Waals surface area contributed by atoms with Crippen LogP contribution < -0.4 is 11.1 Å². The molecule has 0 radical (unpaired) electrons. The first-order valence-electron chi connectivity index (χ1n) is 6.74. The molecule has 0 fully saturated rings. The van der Waals surface area contributed by atoms with Crippen molar-refractivity contribution >= 4 is 11.6 Å². The molecule has 0 saturated heterocycles. The summed E-state index contributed by atoms with van der Waals surface area (Å²) in [4.78, 5) is 12.0. The van der Waals surface area contributed by atoms with Gasteiger partial charge in [-0.05, 0) is 42.7 Å². The minimum Gasteiger partial charge on any atom is -0.467 e. The van der Waals surface area contributed by atoms with E-state index in [4.69, 9.17) is 10.2 Å². The highest BCUT2D eigenvalue weighted by Gasteiger charge is 2.15. The van der Waals surface area contributed by atoms with E-state index < -0.39 is 0 Å². The highest BCUT2D eigenvalue weighted by molar-refractivity contribution is 5.77. The Morgan fingerprint density at radius 3 is 2.55 bits per heavy atom. The van der Waals surface area contributed by atoms with E-state index in [1.54, 1.807) is 6.26 Å². The maximum Gasteiger partial charge on any atom is 0.221 e. The first kappa shape index (κ1) is 14.2. The second-order valence-corrected chi connectivity index (χ2v) is 5.08. The normalized spacial score (nSPS) is 13.7. The number of amides is 1. The molecule has 106 valence electrons. The predicted molar refractivity (Wildman–Crippen MR) is 79.2 cm³/mol. The summed E-state index contributed by atoms with van der Waals surface area (Å²) in [6.45, 7) is 3.94. The Kier molecular flexibility index (Phi) is 4.45. The van der Waals surface area contributed by atoms with Gasteiger partial charge in [-0.25, -0.2) is 0 Å². The van der Waals surface area contributed by atoms with Crippen molar-refractivity contribution in [3.8, 4) is 0 Å². The molecular formula is C16H20N2O2. The van der Waals surface area contributed by atoms with Gasteiger partial charge in [-0.3, -0.25) is 4.79 Å². The third-order valence-corrected chi connectivity index (χ3v) is 3.34. The molecule has 0 saturated carbocycles. The molecule has 0 aliphatic heterocycles. The molecule has 4 heteroatoms. The lowest BCUT2D eigenvalue weighted by Gasteiger charge is -2.15. The van der Waals surface area contributed by atoms with Crippen LogP contribution in [0.5, 0.6) is 0 Å². The van der Waals surface area contributed by atoms with Gasteiger partial charge in [0.1, 0.15) is 5.76 Å². The fourth-order valence-electron chi connectivity index (χ4n) is 2.13. The van der Waals surface area contributed by atoms with Gasteiger partial charge in [0.15, 0.2) is 0 Å². The summed E-state index contributed by atoms with van der Waals surface area (Å²) in [6, 6.07) is 11.2. The topological polar surface area (TPSA) is 68.3 Å². The van der Waals surface area contributed by atoms with Crippen molar-refractivity contribution < 1.29 is 9.21 Å². The SMILES string of the molecule is CC(CC(=O)N[C@H](C)c1ccco1)c1ccc(N)cc1. The summed E-state index contributed by atoms with van der Waals surface area (Å²) >= 11 is 0. The monoisotopic (exact) mass is 272 g/mol. The maximum absolute atomic E-state index is 12.0. The third kappa shape index (κ3) is 3.63. The fourth-order valence-corrected chi connectivity index (χ4v) is 2.13. The zero-order valence-electron chi connectivity index (χ0n) is 11.8. The molecular weight excluding hydrogens is 252 g/mol. The summed E-state index contributed by atoms with van der Waals surface area (Å²) in [5.74, 6) is 0.927. The van der Waals surface area contributed by atoms with Crippen LogP contribution in [-0.2, 0) is 4.79 Å². The van der Waals surface area contributed by atoms with Crippen LogP contribution in [0, 0.1) is 0 Å². The number of furan rings is 1. The molecule has 1 aromatic heterocycles. The van der Waals surface area contributed by atoms with Crippen molar-refractivity contribution in [2.75, 3.05) is 5.73 Å². The first-order valence-corrected chi connectivity index (χ1v) is 6.74. The van der Waals surface area contributed by atoms with E-state index in [0.717, 1.165) is 17.0 Å². The van der Waals surface area contributed by atoms with E-state index in [-0.39, 0.29) is 17.9 Å². The summed E-state index contributed by atoms with van der Waals surface area (Å²) < 4.78 is 5.27. The predicted octanol–water partition coefficient (Wildman–Crippen LogP) is 3.23. The lowest BCUT2D eigenvalue weighted by molar-refractivity contribution is -0.122. The van der Waals surface area contributed by atoms with E-state index in [1.807, 2.05) is 50.2 Å². The van der Waals surface area contributed by atoms with Crippen molar-refractivity contribution in [2.45, 2.75) is 32.2 Å². The average molecular weight is 272 g/mol. The van der Waals surface area contributed by atoms with Crippen molar-refractivity contribution in [3.63, 3.8) is 0 Å². The van der Waals surface area contributed by atoms with E-state index in [9.17, 15) is 4.79 Å². The van der Waals surface area contributed by atoms with Gasteiger partial charge in [0.05, 0.1) is 12.3 Å². The van der Waals surface area contributed by atoms with Gasteiger partial charge >= 0.3 is 0 Å². The van der Waals surface area contributed by atoms with E-state index in [0.29, 0.717) is 6.42 Å². The number of nitrogens with two attached hydrogens (primary N) is 1. The van der Waals surface area contributed by atoms with Gasteiger partial charge in [-0.1, -0.05) is 19.1 Å². The van der Waals surface area contributed by atoms with Gasteiger partial charge in [-0.15, -0.1) is 0 Å². The molecule has 0 bridgehead atoms. The number of hydrogen-bond acceptors (Lipinski definition) is 3. The van der Waals surface area contributed by atoms with Crippen molar-refractivity contribution in [2.24, 2.45) is 0 Å². The van der Waals surface area contributed by atoms with Gasteiger partial charge in [-0.2, -0.15) is 0 Å². The fraction of sp³-hybridized carbons (Fsp3) is 0.312. The molecule has 20 heavy (non-hydrogen) atoms. The summed E-state index contributed by atoms with van der Waals surface area (Å²) in [5.41, 5.74) is 7.50. The summed E-state index contributed by atoms with van der Waals surface area (Å²) in [6.07, 6.45) is 2.05. The van der Waals surface area contributed by atoms with Crippen molar-refractivity contribution in [3.05, 3.63) is 54.0 Å². The zero-order valence-corrected chi connectivity index (χ0v) is 11.8. The quantitative estimate of drug-likeness (QED) is 0.821. The number of carbonyl (C=O) groups excluding carboxylic acids is 1. The maximum atomic E-state index is 12.0. The Morgan fingerprint density at radius 1 is 1.25 bits per heavy atom. The van der Waals surface area contributed by atoms with Crippen molar-refractivity contribution in [1.82, 2.24) is 5.32 Å². The standard InChI is InChI=1S/C16H20N2O2/c1-11(13-5-7-14(17)8-6-13)10-16(19)18-12(2)15-4-3-9-20-15/h3-9,11-12H,10,17H2,1-2H3,(H,18,19)/t11?,12-/m1/s1. The summed E-state index contributed by atoms with van der Waals surface area (Å²) in [7, 11) is 0. The van der Waals surface area contributed by atoms with Crippen LogP contribution in [-0.4, -0.2) is 5.91 Å². The minimum absolute atomic E-state index is 0.0122. The molecule has 2 rings (SSSR count). The number of benzene rings is 1. The molecule has 2 atom stereocenters. The Labute approximate surface area is 119 Å². The van der Waals surface area contributed by atoms with Crippen molar-refractivity contribution in [1.29, 1.82) is 0 Å². The number of hydrogen-bond donors (Lipinski definition) is 2. The van der Waals surface area contributed by atoms with Crippen LogP contribution in [0.15, 0.2) is 47.1 Å². The molecule has 3 N–H and O–H groups in total. The average Bonchev–Trinajstić information content (AvgIpc) is 2.93. The van der Waals surface area contributed by atoms with Crippen LogP contribution >= 0.6 is 0 Å². The van der Waals surface area contributed by atoms with Crippen LogP contribution in [0.25, 0.3) is 0 Å². The molecule has 1 heterocycles. The van der Waals surface area contributed by atoms with E-state index in [1.165, 1.54) is 0 Å². The van der Waals surface area contributed by atoms with Gasteiger partial charge in [0.2, 0.25) is 5.91 Å². The lowest BCUT2D eigenvalue weighted by Crippen LogP contribution is -2.27. The van der Waals surface area contributed by atoms with Gasteiger partial charge in [0, 0.05) is 12.1 Å². The Hall–Kier alpha value is -2.23. The number of rotatable bonds is 5. The molecule has 0 aliphatic carbocycles. The Bertz CT molecular complexity index is 546. The second-order valence-electron chi connectivity index (χ2n) is 5.08. The van der Waals surface area contributed by atoms with Crippen LogP contribution in [0.2, 0.25) is 0 Å². The van der Waals surface area contributed by atoms with E-state index >= 15 is 0 Å². The molecule has 4 nitrogen and oxygen atoms in total. The van der Waals surface area contributed by atoms with Gasteiger partial charge < -0.3 is 15.5 Å². The lowest BCUT2D eigenvalue weighted by atomic mass is 9.97. The highest BCUT2D eigenvalue weighted by atomic mass is 16.3. The zero-order chi connectivity index (χ0) is 14.5. The smallest absolute Gasteiger partial charge is 0.221 e. The highest BCUT2D eigenvalue weighted by Crippen LogP contribution is 2.21. The minimum atomic E-state index is -0.115. The molecule has 1 amide bonds. The number of nitrogens with one attached hydrogen (secondary N) is 1. The third-order valence-electron chi connectivity index (χ3n) is 3.34. The Balaban J connectivity index is 1.89. The first-order chi connectivity index (χ1) is 9.56. The van der Waals surface area contributed by atoms with Gasteiger partial charge in [0.25, 0.3) is 0 Å². The molecule has 0 aliphatic rings. The van der Waals surface area contributed by atoms with E-state index in [2.05, 4.69) is 5.32 Å².